The SMILES string of the molecule is Cc1ccc(O)c(C(=O)Nc2ccc(F)cc2C#N)c1. The summed E-state index contributed by atoms with van der Waals surface area (Å²) in [6, 6.07) is 9.90. The molecule has 0 radical (unpaired) electrons. The molecular formula is C15H11FN2O2. The maximum absolute atomic E-state index is 13.0. The lowest BCUT2D eigenvalue weighted by Gasteiger charge is -2.09. The third-order valence-electron chi connectivity index (χ3n) is 2.75. The van der Waals surface area contributed by atoms with Crippen LogP contribution in [-0.2, 0) is 0 Å². The van der Waals surface area contributed by atoms with E-state index in [-0.39, 0.29) is 22.6 Å². The molecule has 1 amide bonds. The zero-order valence-electron chi connectivity index (χ0n) is 10.6. The van der Waals surface area contributed by atoms with Gasteiger partial charge in [0.05, 0.1) is 16.8 Å². The minimum atomic E-state index is -0.561. The summed E-state index contributed by atoms with van der Waals surface area (Å²) in [6.45, 7) is 1.79. The quantitative estimate of drug-likeness (QED) is 0.881. The highest BCUT2D eigenvalue weighted by atomic mass is 19.1. The van der Waals surface area contributed by atoms with Crippen LogP contribution in [0.4, 0.5) is 10.1 Å². The molecule has 0 heterocycles. The minimum Gasteiger partial charge on any atom is -0.507 e. The van der Waals surface area contributed by atoms with Gasteiger partial charge < -0.3 is 10.4 Å². The number of aromatic hydroxyl groups is 1. The molecule has 0 aliphatic heterocycles. The van der Waals surface area contributed by atoms with E-state index in [0.717, 1.165) is 17.7 Å². The van der Waals surface area contributed by atoms with Gasteiger partial charge in [-0.2, -0.15) is 5.26 Å². The smallest absolute Gasteiger partial charge is 0.259 e. The predicted molar refractivity (Wildman–Crippen MR) is 71.9 cm³/mol. The van der Waals surface area contributed by atoms with Crippen LogP contribution in [-0.4, -0.2) is 11.0 Å². The molecule has 2 aromatic rings. The Morgan fingerprint density at radius 3 is 2.75 bits per heavy atom. The first kappa shape index (κ1) is 13.6. The summed E-state index contributed by atoms with van der Waals surface area (Å²) in [5.74, 6) is -1.28. The Hall–Kier alpha value is -2.87. The van der Waals surface area contributed by atoms with Crippen molar-refractivity contribution in [1.29, 1.82) is 5.26 Å². The number of rotatable bonds is 2. The van der Waals surface area contributed by atoms with Crippen molar-refractivity contribution in [2.24, 2.45) is 0 Å². The van der Waals surface area contributed by atoms with E-state index >= 15 is 0 Å². The topological polar surface area (TPSA) is 73.1 Å². The molecular weight excluding hydrogens is 259 g/mol. The first-order valence-corrected chi connectivity index (χ1v) is 5.82. The van der Waals surface area contributed by atoms with Gasteiger partial charge in [-0.25, -0.2) is 4.39 Å². The predicted octanol–water partition coefficient (Wildman–Crippen LogP) is 2.96. The van der Waals surface area contributed by atoms with E-state index in [0.29, 0.717) is 0 Å². The van der Waals surface area contributed by atoms with Crippen LogP contribution in [0.3, 0.4) is 0 Å². The van der Waals surface area contributed by atoms with Crippen molar-refractivity contribution in [1.82, 2.24) is 0 Å². The molecule has 0 saturated carbocycles. The normalized spacial score (nSPS) is 9.85. The summed E-state index contributed by atoms with van der Waals surface area (Å²) < 4.78 is 13.0. The third kappa shape index (κ3) is 2.75. The maximum Gasteiger partial charge on any atom is 0.259 e. The second-order valence-corrected chi connectivity index (χ2v) is 4.28. The summed E-state index contributed by atoms with van der Waals surface area (Å²) in [6.07, 6.45) is 0. The van der Waals surface area contributed by atoms with E-state index in [1.807, 2.05) is 0 Å². The number of aryl methyl sites for hydroxylation is 1. The number of phenolic OH excluding ortho intramolecular Hbond substituents is 1. The number of phenols is 1. The number of nitriles is 1. The van der Waals surface area contributed by atoms with Crippen LogP contribution in [0.5, 0.6) is 5.75 Å². The van der Waals surface area contributed by atoms with Gasteiger partial charge in [0.15, 0.2) is 0 Å². The van der Waals surface area contributed by atoms with E-state index in [1.165, 1.54) is 18.2 Å². The summed E-state index contributed by atoms with van der Waals surface area (Å²) >= 11 is 0. The Kier molecular flexibility index (Phi) is 3.67. The van der Waals surface area contributed by atoms with Crippen LogP contribution >= 0.6 is 0 Å². The van der Waals surface area contributed by atoms with Gasteiger partial charge >= 0.3 is 0 Å². The van der Waals surface area contributed by atoms with Crippen molar-refractivity contribution in [2.45, 2.75) is 6.92 Å². The number of hydrogen-bond donors (Lipinski definition) is 2. The van der Waals surface area contributed by atoms with Gasteiger partial charge in [-0.3, -0.25) is 4.79 Å². The Morgan fingerprint density at radius 1 is 1.30 bits per heavy atom. The van der Waals surface area contributed by atoms with Crippen LogP contribution in [0.25, 0.3) is 0 Å². The third-order valence-corrected chi connectivity index (χ3v) is 2.75. The van der Waals surface area contributed by atoms with Crippen LogP contribution in [0, 0.1) is 24.1 Å². The number of benzene rings is 2. The lowest BCUT2D eigenvalue weighted by molar-refractivity contribution is 0.102. The summed E-state index contributed by atoms with van der Waals surface area (Å²) in [4.78, 5) is 12.1. The Bertz CT molecular complexity index is 720. The van der Waals surface area contributed by atoms with Crippen LogP contribution in [0.2, 0.25) is 0 Å². The number of hydrogen-bond acceptors (Lipinski definition) is 3. The standard InChI is InChI=1S/C15H11FN2O2/c1-9-2-5-14(19)12(6-9)15(20)18-13-4-3-11(16)7-10(13)8-17/h2-7,19H,1H3,(H,18,20). The molecule has 0 unspecified atom stereocenters. The Balaban J connectivity index is 2.33. The summed E-state index contributed by atoms with van der Waals surface area (Å²) in [7, 11) is 0. The van der Waals surface area contributed by atoms with Crippen molar-refractivity contribution in [3.05, 3.63) is 58.9 Å². The number of nitrogens with zero attached hydrogens (tertiary/aromatic N) is 1. The van der Waals surface area contributed by atoms with Crippen LogP contribution in [0.15, 0.2) is 36.4 Å². The zero-order chi connectivity index (χ0) is 14.7. The lowest BCUT2D eigenvalue weighted by Crippen LogP contribution is -2.13. The van der Waals surface area contributed by atoms with Crippen molar-refractivity contribution < 1.29 is 14.3 Å². The minimum absolute atomic E-state index is 0.0190. The average Bonchev–Trinajstić information content (AvgIpc) is 2.43. The molecule has 4 nitrogen and oxygen atoms in total. The molecule has 2 N–H and O–H groups in total. The zero-order valence-corrected chi connectivity index (χ0v) is 10.6. The van der Waals surface area contributed by atoms with Crippen molar-refractivity contribution in [2.75, 3.05) is 5.32 Å². The lowest BCUT2D eigenvalue weighted by atomic mass is 10.1. The van der Waals surface area contributed by atoms with Gasteiger partial charge in [0, 0.05) is 0 Å². The summed E-state index contributed by atoms with van der Waals surface area (Å²) in [5.41, 5.74) is 1.12. The number of anilines is 1. The van der Waals surface area contributed by atoms with E-state index < -0.39 is 11.7 Å². The van der Waals surface area contributed by atoms with Crippen molar-refractivity contribution in [3.63, 3.8) is 0 Å². The molecule has 100 valence electrons. The molecule has 0 aromatic heterocycles. The summed E-state index contributed by atoms with van der Waals surface area (Å²) in [5, 5.41) is 21.1. The van der Waals surface area contributed by atoms with Crippen LogP contribution in [0.1, 0.15) is 21.5 Å². The molecule has 0 saturated heterocycles. The number of carbonyl (C=O) groups is 1. The Labute approximate surface area is 115 Å². The van der Waals surface area contributed by atoms with E-state index in [1.54, 1.807) is 19.1 Å². The molecule has 0 aliphatic carbocycles. The molecule has 0 atom stereocenters. The molecule has 0 aliphatic rings. The fourth-order valence-corrected chi connectivity index (χ4v) is 1.74. The van der Waals surface area contributed by atoms with Crippen LogP contribution < -0.4 is 5.32 Å². The van der Waals surface area contributed by atoms with E-state index in [4.69, 9.17) is 5.26 Å². The fourth-order valence-electron chi connectivity index (χ4n) is 1.74. The highest BCUT2D eigenvalue weighted by Crippen LogP contribution is 2.21. The van der Waals surface area contributed by atoms with Crippen molar-refractivity contribution in [3.8, 4) is 11.8 Å². The molecule has 5 heteroatoms. The number of nitrogens with one attached hydrogen (secondary N) is 1. The average molecular weight is 270 g/mol. The highest BCUT2D eigenvalue weighted by Gasteiger charge is 2.13. The molecule has 0 spiro atoms. The molecule has 2 aromatic carbocycles. The first-order chi connectivity index (χ1) is 9.51. The van der Waals surface area contributed by atoms with Gasteiger partial charge in [-0.15, -0.1) is 0 Å². The molecule has 0 fully saturated rings. The fraction of sp³-hybridized carbons (Fsp3) is 0.0667. The second-order valence-electron chi connectivity index (χ2n) is 4.28. The number of amides is 1. The first-order valence-electron chi connectivity index (χ1n) is 5.82. The van der Waals surface area contributed by atoms with Gasteiger partial charge in [-0.1, -0.05) is 11.6 Å². The van der Waals surface area contributed by atoms with E-state index in [9.17, 15) is 14.3 Å². The van der Waals surface area contributed by atoms with Crippen molar-refractivity contribution >= 4 is 11.6 Å². The monoisotopic (exact) mass is 270 g/mol. The number of halogens is 1. The highest BCUT2D eigenvalue weighted by molar-refractivity contribution is 6.06. The largest absolute Gasteiger partial charge is 0.507 e. The van der Waals surface area contributed by atoms with E-state index in [2.05, 4.69) is 5.32 Å². The maximum atomic E-state index is 13.0. The molecule has 0 bridgehead atoms. The molecule has 20 heavy (non-hydrogen) atoms. The second kappa shape index (κ2) is 5.41. The van der Waals surface area contributed by atoms with Gasteiger partial charge in [0.25, 0.3) is 5.91 Å². The van der Waals surface area contributed by atoms with Gasteiger partial charge in [0.2, 0.25) is 0 Å². The number of carbonyl (C=O) groups excluding carboxylic acids is 1. The van der Waals surface area contributed by atoms with Gasteiger partial charge in [-0.05, 0) is 37.3 Å². The molecule has 2 rings (SSSR count). The van der Waals surface area contributed by atoms with Gasteiger partial charge in [0.1, 0.15) is 17.6 Å². The Morgan fingerprint density at radius 2 is 2.05 bits per heavy atom.